The van der Waals surface area contributed by atoms with Crippen LogP contribution >= 0.6 is 0 Å². The summed E-state index contributed by atoms with van der Waals surface area (Å²) in [5.41, 5.74) is 4.09. The molecule has 2 aliphatic rings. The normalized spacial score (nSPS) is 17.0. The summed E-state index contributed by atoms with van der Waals surface area (Å²) in [6.45, 7) is 3.61. The van der Waals surface area contributed by atoms with Gasteiger partial charge in [0.15, 0.2) is 0 Å². The monoisotopic (exact) mass is 363 g/mol. The molecule has 27 heavy (non-hydrogen) atoms. The smallest absolute Gasteiger partial charge is 0.220 e. The van der Waals surface area contributed by atoms with E-state index in [1.807, 2.05) is 18.2 Å². The minimum absolute atomic E-state index is 0.139. The number of nitrogens with one attached hydrogen (secondary N) is 1. The molecule has 0 saturated heterocycles. The van der Waals surface area contributed by atoms with Gasteiger partial charge in [0.1, 0.15) is 0 Å². The Hall–Kier alpha value is -2.65. The Balaban J connectivity index is 1.37. The van der Waals surface area contributed by atoms with Gasteiger partial charge < -0.3 is 5.32 Å². The van der Waals surface area contributed by atoms with E-state index in [-0.39, 0.29) is 5.91 Å². The highest BCUT2D eigenvalue weighted by Crippen LogP contribution is 2.20. The molecule has 1 amide bonds. The zero-order valence-corrected chi connectivity index (χ0v) is 15.5. The lowest BCUT2D eigenvalue weighted by molar-refractivity contribution is -0.121. The molecule has 1 aliphatic carbocycles. The molecule has 1 saturated carbocycles. The van der Waals surface area contributed by atoms with E-state index >= 15 is 0 Å². The van der Waals surface area contributed by atoms with E-state index in [0.29, 0.717) is 24.4 Å². The average Bonchev–Trinajstić information content (AvgIpc) is 3.43. The van der Waals surface area contributed by atoms with Crippen LogP contribution in [0, 0.1) is 11.3 Å². The molecule has 2 aromatic rings. The molecule has 0 radical (unpaired) electrons. The average molecular weight is 363 g/mol. The lowest BCUT2D eigenvalue weighted by Crippen LogP contribution is -2.25. The number of amides is 1. The van der Waals surface area contributed by atoms with Crippen LogP contribution in [-0.4, -0.2) is 33.2 Å². The first-order valence-corrected chi connectivity index (χ1v) is 9.76. The Morgan fingerprint density at radius 1 is 1.30 bits per heavy atom. The van der Waals surface area contributed by atoms with Gasteiger partial charge in [-0.15, -0.1) is 0 Å². The number of rotatable bonds is 6. The molecule has 1 N–H and O–H groups in total. The first-order chi connectivity index (χ1) is 13.2. The molecule has 140 valence electrons. The lowest BCUT2D eigenvalue weighted by Gasteiger charge is -2.19. The van der Waals surface area contributed by atoms with Gasteiger partial charge in [-0.3, -0.25) is 14.4 Å². The third kappa shape index (κ3) is 4.75. The number of nitrogens with zero attached hydrogens (tertiary/aromatic N) is 4. The van der Waals surface area contributed by atoms with Crippen LogP contribution in [-0.2, 0) is 30.8 Å². The standard InChI is InChI=1S/C21H25N5O/c22-13-16-3-1-4-17(11-16)14-25-9-2-10-26-20(15-25)12-19(24-26)7-8-21(27)23-18-5-6-18/h1,3-4,11-12,18H,2,5-10,14-15H2,(H,23,27). The molecule has 1 aromatic heterocycles. The number of nitriles is 1. The van der Waals surface area contributed by atoms with Gasteiger partial charge in [0, 0.05) is 45.1 Å². The Labute approximate surface area is 159 Å². The molecule has 6 nitrogen and oxygen atoms in total. The highest BCUT2D eigenvalue weighted by atomic mass is 16.1. The number of carbonyl (C=O) groups excluding carboxylic acids is 1. The topological polar surface area (TPSA) is 74.0 Å². The highest BCUT2D eigenvalue weighted by molar-refractivity contribution is 5.76. The van der Waals surface area contributed by atoms with Crippen LogP contribution in [0.5, 0.6) is 0 Å². The Bertz CT molecular complexity index is 862. The molecule has 0 atom stereocenters. The number of benzene rings is 1. The van der Waals surface area contributed by atoms with Gasteiger partial charge in [-0.05, 0) is 43.0 Å². The maximum atomic E-state index is 11.9. The van der Waals surface area contributed by atoms with Crippen molar-refractivity contribution in [2.75, 3.05) is 6.54 Å². The Morgan fingerprint density at radius 2 is 2.19 bits per heavy atom. The van der Waals surface area contributed by atoms with E-state index in [1.54, 1.807) is 0 Å². The minimum atomic E-state index is 0.139. The maximum Gasteiger partial charge on any atom is 0.220 e. The second-order valence-electron chi connectivity index (χ2n) is 7.57. The zero-order valence-electron chi connectivity index (χ0n) is 15.5. The van der Waals surface area contributed by atoms with E-state index < -0.39 is 0 Å². The molecule has 1 aromatic carbocycles. The van der Waals surface area contributed by atoms with Crippen LogP contribution < -0.4 is 5.32 Å². The fourth-order valence-corrected chi connectivity index (χ4v) is 3.61. The highest BCUT2D eigenvalue weighted by Gasteiger charge is 2.23. The summed E-state index contributed by atoms with van der Waals surface area (Å²) in [4.78, 5) is 14.3. The van der Waals surface area contributed by atoms with Crippen LogP contribution in [0.1, 0.15) is 48.2 Å². The molecule has 2 heterocycles. The van der Waals surface area contributed by atoms with E-state index in [9.17, 15) is 4.79 Å². The maximum absolute atomic E-state index is 11.9. The Kier molecular flexibility index (Phi) is 5.21. The number of carbonyl (C=O) groups is 1. The predicted molar refractivity (Wildman–Crippen MR) is 102 cm³/mol. The van der Waals surface area contributed by atoms with Crippen molar-refractivity contribution in [2.24, 2.45) is 0 Å². The molecule has 1 aliphatic heterocycles. The molecule has 4 rings (SSSR count). The van der Waals surface area contributed by atoms with Crippen molar-refractivity contribution in [1.29, 1.82) is 5.26 Å². The first kappa shape index (κ1) is 17.7. The number of hydrogen-bond donors (Lipinski definition) is 1. The third-order valence-corrected chi connectivity index (χ3v) is 5.16. The SMILES string of the molecule is N#Cc1cccc(CN2CCCn3nc(CCC(=O)NC4CC4)cc3C2)c1. The molecular formula is C21H25N5O. The fraction of sp³-hybridized carbons (Fsp3) is 0.476. The van der Waals surface area contributed by atoms with Crippen molar-refractivity contribution in [3.63, 3.8) is 0 Å². The van der Waals surface area contributed by atoms with Crippen molar-refractivity contribution in [2.45, 2.75) is 57.8 Å². The number of aromatic nitrogens is 2. The van der Waals surface area contributed by atoms with Gasteiger partial charge in [-0.1, -0.05) is 12.1 Å². The van der Waals surface area contributed by atoms with Gasteiger partial charge >= 0.3 is 0 Å². The van der Waals surface area contributed by atoms with Crippen molar-refractivity contribution >= 4 is 5.91 Å². The predicted octanol–water partition coefficient (Wildman–Crippen LogP) is 2.37. The second-order valence-corrected chi connectivity index (χ2v) is 7.57. The van der Waals surface area contributed by atoms with Crippen LogP contribution in [0.25, 0.3) is 0 Å². The van der Waals surface area contributed by atoms with Crippen molar-refractivity contribution in [1.82, 2.24) is 20.0 Å². The number of aryl methyl sites for hydroxylation is 2. The van der Waals surface area contributed by atoms with E-state index in [4.69, 9.17) is 10.4 Å². The van der Waals surface area contributed by atoms with Crippen molar-refractivity contribution in [3.8, 4) is 6.07 Å². The fourth-order valence-electron chi connectivity index (χ4n) is 3.61. The summed E-state index contributed by atoms with van der Waals surface area (Å²) in [6, 6.07) is 12.6. The molecular weight excluding hydrogens is 338 g/mol. The van der Waals surface area contributed by atoms with Crippen LogP contribution in [0.4, 0.5) is 0 Å². The zero-order chi connectivity index (χ0) is 18.6. The lowest BCUT2D eigenvalue weighted by atomic mass is 10.1. The largest absolute Gasteiger partial charge is 0.353 e. The van der Waals surface area contributed by atoms with Gasteiger partial charge in [-0.2, -0.15) is 10.4 Å². The summed E-state index contributed by atoms with van der Waals surface area (Å²) in [7, 11) is 0. The summed E-state index contributed by atoms with van der Waals surface area (Å²) in [5, 5.41) is 16.8. The molecule has 0 spiro atoms. The number of hydrogen-bond acceptors (Lipinski definition) is 4. The molecule has 0 unspecified atom stereocenters. The summed E-state index contributed by atoms with van der Waals surface area (Å²) in [6.07, 6.45) is 4.50. The van der Waals surface area contributed by atoms with Gasteiger partial charge in [0.2, 0.25) is 5.91 Å². The van der Waals surface area contributed by atoms with E-state index in [1.165, 1.54) is 11.3 Å². The molecule has 1 fully saturated rings. The minimum Gasteiger partial charge on any atom is -0.353 e. The molecule has 6 heteroatoms. The van der Waals surface area contributed by atoms with Crippen LogP contribution in [0.3, 0.4) is 0 Å². The quantitative estimate of drug-likeness (QED) is 0.855. The van der Waals surface area contributed by atoms with Crippen molar-refractivity contribution in [3.05, 3.63) is 52.8 Å². The summed E-state index contributed by atoms with van der Waals surface area (Å²) in [5.74, 6) is 0.139. The number of fused-ring (bicyclic) bond motifs is 1. The van der Waals surface area contributed by atoms with Gasteiger partial charge in [0.25, 0.3) is 0 Å². The molecule has 0 bridgehead atoms. The first-order valence-electron chi connectivity index (χ1n) is 9.76. The van der Waals surface area contributed by atoms with Crippen LogP contribution in [0.2, 0.25) is 0 Å². The Morgan fingerprint density at radius 3 is 3.00 bits per heavy atom. The third-order valence-electron chi connectivity index (χ3n) is 5.16. The second kappa shape index (κ2) is 7.93. The van der Waals surface area contributed by atoms with Gasteiger partial charge in [0.05, 0.1) is 23.0 Å². The summed E-state index contributed by atoms with van der Waals surface area (Å²) >= 11 is 0. The van der Waals surface area contributed by atoms with E-state index in [2.05, 4.69) is 33.1 Å². The van der Waals surface area contributed by atoms with Crippen molar-refractivity contribution < 1.29 is 4.79 Å². The summed E-state index contributed by atoms with van der Waals surface area (Å²) < 4.78 is 2.10. The van der Waals surface area contributed by atoms with Gasteiger partial charge in [-0.25, -0.2) is 0 Å². The van der Waals surface area contributed by atoms with Crippen LogP contribution in [0.15, 0.2) is 30.3 Å². The van der Waals surface area contributed by atoms with E-state index in [0.717, 1.165) is 51.1 Å².